The number of aromatic hydroxyl groups is 1. The quantitative estimate of drug-likeness (QED) is 0.644. The number of phenols is 1. The SMILES string of the molecule is O=C(Nc1ccccc1O)c1cc(-c2ccc3c(c2)OCO3)n[nH]1. The molecule has 0 atom stereocenters. The summed E-state index contributed by atoms with van der Waals surface area (Å²) in [7, 11) is 0. The number of hydrogen-bond acceptors (Lipinski definition) is 5. The van der Waals surface area contributed by atoms with Gasteiger partial charge in [-0.15, -0.1) is 0 Å². The van der Waals surface area contributed by atoms with Crippen LogP contribution in [0.1, 0.15) is 10.5 Å². The number of benzene rings is 2. The van der Waals surface area contributed by atoms with E-state index in [1.807, 2.05) is 12.1 Å². The Hall–Kier alpha value is -3.48. The van der Waals surface area contributed by atoms with Gasteiger partial charge in [0.15, 0.2) is 11.5 Å². The number of rotatable bonds is 3. The molecule has 120 valence electrons. The number of hydrogen-bond donors (Lipinski definition) is 3. The average Bonchev–Trinajstić information content (AvgIpc) is 3.25. The Morgan fingerprint density at radius 2 is 1.96 bits per heavy atom. The first-order valence-electron chi connectivity index (χ1n) is 7.25. The van der Waals surface area contributed by atoms with Gasteiger partial charge in [0.1, 0.15) is 11.4 Å². The minimum atomic E-state index is -0.393. The molecule has 2 aromatic carbocycles. The molecule has 7 heteroatoms. The van der Waals surface area contributed by atoms with Gasteiger partial charge in [-0.2, -0.15) is 5.10 Å². The molecule has 1 aliphatic heterocycles. The lowest BCUT2D eigenvalue weighted by molar-refractivity contribution is 0.102. The lowest BCUT2D eigenvalue weighted by Crippen LogP contribution is -2.12. The van der Waals surface area contributed by atoms with Gasteiger partial charge in [-0.25, -0.2) is 0 Å². The first kappa shape index (κ1) is 14.1. The molecule has 7 nitrogen and oxygen atoms in total. The van der Waals surface area contributed by atoms with Gasteiger partial charge in [0.2, 0.25) is 6.79 Å². The first-order chi connectivity index (χ1) is 11.7. The van der Waals surface area contributed by atoms with E-state index in [0.29, 0.717) is 22.9 Å². The maximum Gasteiger partial charge on any atom is 0.273 e. The van der Waals surface area contributed by atoms with E-state index in [1.165, 1.54) is 6.07 Å². The number of para-hydroxylation sites is 2. The molecule has 0 saturated carbocycles. The summed E-state index contributed by atoms with van der Waals surface area (Å²) in [5.74, 6) is 0.944. The highest BCUT2D eigenvalue weighted by Gasteiger charge is 2.17. The number of amides is 1. The van der Waals surface area contributed by atoms with Crippen LogP contribution in [0.4, 0.5) is 5.69 Å². The Balaban J connectivity index is 1.56. The second kappa shape index (κ2) is 5.62. The number of ether oxygens (including phenoxy) is 2. The van der Waals surface area contributed by atoms with Crippen molar-refractivity contribution in [2.24, 2.45) is 0 Å². The van der Waals surface area contributed by atoms with Gasteiger partial charge < -0.3 is 19.9 Å². The van der Waals surface area contributed by atoms with Crippen molar-refractivity contribution >= 4 is 11.6 Å². The molecule has 1 aromatic heterocycles. The minimum Gasteiger partial charge on any atom is -0.506 e. The Morgan fingerprint density at radius 3 is 2.83 bits per heavy atom. The van der Waals surface area contributed by atoms with Crippen molar-refractivity contribution in [3.63, 3.8) is 0 Å². The lowest BCUT2D eigenvalue weighted by Gasteiger charge is -2.04. The summed E-state index contributed by atoms with van der Waals surface area (Å²) >= 11 is 0. The molecule has 4 rings (SSSR count). The number of aromatic nitrogens is 2. The topological polar surface area (TPSA) is 96.5 Å². The van der Waals surface area contributed by atoms with Gasteiger partial charge in [0.05, 0.1) is 11.4 Å². The van der Waals surface area contributed by atoms with Crippen LogP contribution in [0.25, 0.3) is 11.3 Å². The van der Waals surface area contributed by atoms with Crippen LogP contribution in [-0.4, -0.2) is 28.0 Å². The number of nitrogens with one attached hydrogen (secondary N) is 2. The third-order valence-corrected chi connectivity index (χ3v) is 3.64. The van der Waals surface area contributed by atoms with Crippen LogP contribution in [0, 0.1) is 0 Å². The molecule has 0 aliphatic carbocycles. The summed E-state index contributed by atoms with van der Waals surface area (Å²) in [6, 6.07) is 13.6. The van der Waals surface area contributed by atoms with E-state index in [9.17, 15) is 9.90 Å². The summed E-state index contributed by atoms with van der Waals surface area (Å²) in [6.07, 6.45) is 0. The second-order valence-electron chi connectivity index (χ2n) is 5.21. The van der Waals surface area contributed by atoms with Gasteiger partial charge in [-0.3, -0.25) is 9.89 Å². The number of H-pyrrole nitrogens is 1. The molecule has 0 fully saturated rings. The Morgan fingerprint density at radius 1 is 1.12 bits per heavy atom. The van der Waals surface area contributed by atoms with Crippen molar-refractivity contribution in [1.82, 2.24) is 10.2 Å². The summed E-state index contributed by atoms with van der Waals surface area (Å²) in [5.41, 5.74) is 2.03. The Bertz CT molecular complexity index is 920. The van der Waals surface area contributed by atoms with Crippen LogP contribution in [0.15, 0.2) is 48.5 Å². The van der Waals surface area contributed by atoms with Crippen LogP contribution in [0.3, 0.4) is 0 Å². The molecular formula is C17H13N3O4. The van der Waals surface area contributed by atoms with Crippen LogP contribution in [0.2, 0.25) is 0 Å². The zero-order valence-electron chi connectivity index (χ0n) is 12.4. The maximum atomic E-state index is 12.3. The van der Waals surface area contributed by atoms with Crippen molar-refractivity contribution in [1.29, 1.82) is 0 Å². The molecule has 2 heterocycles. The zero-order valence-corrected chi connectivity index (χ0v) is 12.4. The number of nitrogens with zero attached hydrogens (tertiary/aromatic N) is 1. The smallest absolute Gasteiger partial charge is 0.273 e. The largest absolute Gasteiger partial charge is 0.506 e. The summed E-state index contributed by atoms with van der Waals surface area (Å²) < 4.78 is 10.6. The van der Waals surface area contributed by atoms with Gasteiger partial charge in [0, 0.05) is 5.56 Å². The van der Waals surface area contributed by atoms with E-state index in [1.54, 1.807) is 30.3 Å². The van der Waals surface area contributed by atoms with E-state index in [0.717, 1.165) is 5.56 Å². The normalized spacial score (nSPS) is 12.2. The molecular weight excluding hydrogens is 310 g/mol. The molecule has 0 spiro atoms. The number of fused-ring (bicyclic) bond motifs is 1. The molecule has 3 N–H and O–H groups in total. The summed E-state index contributed by atoms with van der Waals surface area (Å²) in [4.78, 5) is 12.3. The monoisotopic (exact) mass is 323 g/mol. The number of anilines is 1. The molecule has 1 aliphatic rings. The molecule has 1 amide bonds. The molecule has 0 bridgehead atoms. The fourth-order valence-corrected chi connectivity index (χ4v) is 2.41. The minimum absolute atomic E-state index is 0.00126. The Kier molecular flexibility index (Phi) is 3.31. The van der Waals surface area contributed by atoms with Crippen LogP contribution < -0.4 is 14.8 Å². The molecule has 3 aromatic rings. The van der Waals surface area contributed by atoms with Crippen molar-refractivity contribution in [3.05, 3.63) is 54.2 Å². The molecule has 0 saturated heterocycles. The number of carbonyl (C=O) groups is 1. The zero-order chi connectivity index (χ0) is 16.5. The maximum absolute atomic E-state index is 12.3. The molecule has 0 unspecified atom stereocenters. The number of carbonyl (C=O) groups excluding carboxylic acids is 1. The van der Waals surface area contributed by atoms with Crippen molar-refractivity contribution in [2.45, 2.75) is 0 Å². The highest BCUT2D eigenvalue weighted by atomic mass is 16.7. The van der Waals surface area contributed by atoms with Gasteiger partial charge in [-0.1, -0.05) is 12.1 Å². The second-order valence-corrected chi connectivity index (χ2v) is 5.21. The van der Waals surface area contributed by atoms with E-state index in [2.05, 4.69) is 15.5 Å². The summed E-state index contributed by atoms with van der Waals surface area (Å²) in [5, 5.41) is 19.2. The van der Waals surface area contributed by atoms with E-state index >= 15 is 0 Å². The van der Waals surface area contributed by atoms with Gasteiger partial charge >= 0.3 is 0 Å². The first-order valence-corrected chi connectivity index (χ1v) is 7.25. The number of aromatic amines is 1. The van der Waals surface area contributed by atoms with Crippen molar-refractivity contribution in [3.8, 4) is 28.5 Å². The van der Waals surface area contributed by atoms with E-state index in [4.69, 9.17) is 9.47 Å². The Labute approximate surface area is 136 Å². The van der Waals surface area contributed by atoms with Crippen molar-refractivity contribution in [2.75, 3.05) is 12.1 Å². The van der Waals surface area contributed by atoms with Gasteiger partial charge in [0.25, 0.3) is 5.91 Å². The highest BCUT2D eigenvalue weighted by molar-refractivity contribution is 6.04. The third kappa shape index (κ3) is 2.52. The van der Waals surface area contributed by atoms with Crippen molar-refractivity contribution < 1.29 is 19.4 Å². The molecule has 0 radical (unpaired) electrons. The number of phenolic OH excluding ortho intramolecular Hbond substituents is 1. The molecule has 24 heavy (non-hydrogen) atoms. The van der Waals surface area contributed by atoms with E-state index < -0.39 is 5.91 Å². The third-order valence-electron chi connectivity index (χ3n) is 3.64. The highest BCUT2D eigenvalue weighted by Crippen LogP contribution is 2.35. The lowest BCUT2D eigenvalue weighted by atomic mass is 10.1. The summed E-state index contributed by atoms with van der Waals surface area (Å²) in [6.45, 7) is 0.202. The predicted octanol–water partition coefficient (Wildman–Crippen LogP) is 2.76. The van der Waals surface area contributed by atoms with Crippen LogP contribution >= 0.6 is 0 Å². The average molecular weight is 323 g/mol. The predicted molar refractivity (Wildman–Crippen MR) is 86.2 cm³/mol. The van der Waals surface area contributed by atoms with Crippen LogP contribution in [0.5, 0.6) is 17.2 Å². The van der Waals surface area contributed by atoms with Crippen LogP contribution in [-0.2, 0) is 0 Å². The van der Waals surface area contributed by atoms with E-state index in [-0.39, 0.29) is 18.2 Å². The fraction of sp³-hybridized carbons (Fsp3) is 0.0588. The standard InChI is InChI=1S/C17H13N3O4/c21-14-4-2-1-3-11(14)18-17(22)13-8-12(19-20-13)10-5-6-15-16(7-10)24-9-23-15/h1-8,21H,9H2,(H,18,22)(H,19,20). The fourth-order valence-electron chi connectivity index (χ4n) is 2.41. The van der Waals surface area contributed by atoms with Gasteiger partial charge in [-0.05, 0) is 36.4 Å².